The van der Waals surface area contributed by atoms with Crippen LogP contribution in [0.3, 0.4) is 0 Å². The molecule has 0 aromatic rings. The standard InChI is InChI=1S/C12H24N2/c1-4-11(3,5-2)14-8-10(13)12(9-14)6-7-12/h10H,4-9,13H2,1-3H3. The number of hydrogen-bond acceptors (Lipinski definition) is 2. The second kappa shape index (κ2) is 3.21. The lowest BCUT2D eigenvalue weighted by atomic mass is 9.93. The van der Waals surface area contributed by atoms with Gasteiger partial charge in [-0.05, 0) is 38.0 Å². The van der Waals surface area contributed by atoms with Crippen LogP contribution in [0.4, 0.5) is 0 Å². The van der Waals surface area contributed by atoms with Gasteiger partial charge < -0.3 is 5.73 Å². The van der Waals surface area contributed by atoms with Crippen molar-refractivity contribution in [2.75, 3.05) is 13.1 Å². The minimum atomic E-state index is 0.393. The normalized spacial score (nSPS) is 31.3. The Labute approximate surface area is 87.8 Å². The minimum Gasteiger partial charge on any atom is -0.326 e. The molecule has 0 radical (unpaired) electrons. The van der Waals surface area contributed by atoms with Gasteiger partial charge in [0.15, 0.2) is 0 Å². The van der Waals surface area contributed by atoms with Gasteiger partial charge in [-0.3, -0.25) is 4.90 Å². The molecule has 1 heterocycles. The molecule has 2 heteroatoms. The number of rotatable bonds is 3. The summed E-state index contributed by atoms with van der Waals surface area (Å²) in [7, 11) is 0. The molecule has 14 heavy (non-hydrogen) atoms. The van der Waals surface area contributed by atoms with Gasteiger partial charge in [-0.2, -0.15) is 0 Å². The van der Waals surface area contributed by atoms with Gasteiger partial charge in [0.1, 0.15) is 0 Å². The summed E-state index contributed by atoms with van der Waals surface area (Å²) >= 11 is 0. The van der Waals surface area contributed by atoms with Gasteiger partial charge >= 0.3 is 0 Å². The molecule has 1 atom stereocenters. The van der Waals surface area contributed by atoms with Crippen molar-refractivity contribution in [1.82, 2.24) is 4.90 Å². The molecule has 1 unspecified atom stereocenters. The van der Waals surface area contributed by atoms with Crippen molar-refractivity contribution in [2.24, 2.45) is 11.1 Å². The maximum absolute atomic E-state index is 6.23. The van der Waals surface area contributed by atoms with Crippen LogP contribution in [0.1, 0.15) is 46.5 Å². The van der Waals surface area contributed by atoms with Crippen molar-refractivity contribution in [3.05, 3.63) is 0 Å². The number of hydrogen-bond donors (Lipinski definition) is 1. The van der Waals surface area contributed by atoms with Crippen LogP contribution in [0.5, 0.6) is 0 Å². The average Bonchev–Trinajstić information content (AvgIpc) is 2.88. The second-order valence-electron chi connectivity index (χ2n) is 5.55. The van der Waals surface area contributed by atoms with E-state index in [1.54, 1.807) is 0 Å². The third-order valence-corrected chi connectivity index (χ3v) is 4.89. The predicted molar refractivity (Wildman–Crippen MR) is 60.2 cm³/mol. The molecular weight excluding hydrogens is 172 g/mol. The van der Waals surface area contributed by atoms with Gasteiger partial charge in [0.2, 0.25) is 0 Å². The SMILES string of the molecule is CCC(C)(CC)N1CC(N)C2(CC2)C1. The fourth-order valence-electron chi connectivity index (χ4n) is 2.79. The van der Waals surface area contributed by atoms with Crippen molar-refractivity contribution in [2.45, 2.75) is 58.0 Å². The lowest BCUT2D eigenvalue weighted by Crippen LogP contribution is -2.45. The molecule has 2 rings (SSSR count). The maximum Gasteiger partial charge on any atom is 0.0237 e. The molecule has 1 aliphatic carbocycles. The Morgan fingerprint density at radius 3 is 2.29 bits per heavy atom. The Hall–Kier alpha value is -0.0800. The zero-order chi connectivity index (χ0) is 10.4. The average molecular weight is 196 g/mol. The molecule has 82 valence electrons. The van der Waals surface area contributed by atoms with E-state index in [1.165, 1.54) is 32.2 Å². The molecule has 1 spiro atoms. The molecule has 2 nitrogen and oxygen atoms in total. The predicted octanol–water partition coefficient (Wildman–Crippen LogP) is 1.99. The molecule has 0 amide bonds. The Balaban J connectivity index is 2.07. The summed E-state index contributed by atoms with van der Waals surface area (Å²) in [5, 5.41) is 0. The molecule has 1 aliphatic heterocycles. The van der Waals surface area contributed by atoms with E-state index in [1.807, 2.05) is 0 Å². The molecule has 0 bridgehead atoms. The van der Waals surface area contributed by atoms with E-state index in [4.69, 9.17) is 5.73 Å². The summed E-state index contributed by atoms with van der Waals surface area (Å²) in [5.74, 6) is 0. The van der Waals surface area contributed by atoms with Crippen LogP contribution in [0.15, 0.2) is 0 Å². The first-order valence-electron chi connectivity index (χ1n) is 6.07. The largest absolute Gasteiger partial charge is 0.326 e. The fourth-order valence-corrected chi connectivity index (χ4v) is 2.79. The monoisotopic (exact) mass is 196 g/mol. The first kappa shape index (κ1) is 10.4. The molecule has 2 aliphatic rings. The van der Waals surface area contributed by atoms with E-state index >= 15 is 0 Å². The number of likely N-dealkylation sites (tertiary alicyclic amines) is 1. The third kappa shape index (κ3) is 1.40. The summed E-state index contributed by atoms with van der Waals surface area (Å²) in [6, 6.07) is 0.444. The lowest BCUT2D eigenvalue weighted by Gasteiger charge is -2.37. The number of nitrogens with zero attached hydrogens (tertiary/aromatic N) is 1. The highest BCUT2D eigenvalue weighted by atomic mass is 15.3. The first-order chi connectivity index (χ1) is 6.56. The Kier molecular flexibility index (Phi) is 2.39. The van der Waals surface area contributed by atoms with Crippen LogP contribution in [0, 0.1) is 5.41 Å². The van der Waals surface area contributed by atoms with Gasteiger partial charge in [-0.15, -0.1) is 0 Å². The van der Waals surface area contributed by atoms with Gasteiger partial charge in [-0.1, -0.05) is 13.8 Å². The zero-order valence-corrected chi connectivity index (χ0v) is 9.84. The van der Waals surface area contributed by atoms with Gasteiger partial charge in [-0.25, -0.2) is 0 Å². The smallest absolute Gasteiger partial charge is 0.0237 e. The maximum atomic E-state index is 6.23. The summed E-state index contributed by atoms with van der Waals surface area (Å²) in [5.41, 5.74) is 7.16. The molecular formula is C12H24N2. The van der Waals surface area contributed by atoms with Crippen LogP contribution in [0.25, 0.3) is 0 Å². The molecule has 1 saturated heterocycles. The molecule has 2 N–H and O–H groups in total. The van der Waals surface area contributed by atoms with E-state index in [2.05, 4.69) is 25.7 Å². The van der Waals surface area contributed by atoms with Gasteiger partial charge in [0.05, 0.1) is 0 Å². The van der Waals surface area contributed by atoms with Crippen molar-refractivity contribution in [3.8, 4) is 0 Å². The van der Waals surface area contributed by atoms with Crippen LogP contribution in [-0.2, 0) is 0 Å². The Morgan fingerprint density at radius 2 is 1.93 bits per heavy atom. The van der Waals surface area contributed by atoms with Crippen LogP contribution in [-0.4, -0.2) is 29.6 Å². The topological polar surface area (TPSA) is 29.3 Å². The molecule has 0 aromatic carbocycles. The van der Waals surface area contributed by atoms with Gasteiger partial charge in [0, 0.05) is 24.7 Å². The van der Waals surface area contributed by atoms with Crippen LogP contribution in [0.2, 0.25) is 0 Å². The van der Waals surface area contributed by atoms with Crippen molar-refractivity contribution >= 4 is 0 Å². The molecule has 0 aromatic heterocycles. The highest BCUT2D eigenvalue weighted by Gasteiger charge is 2.55. The van der Waals surface area contributed by atoms with Gasteiger partial charge in [0.25, 0.3) is 0 Å². The lowest BCUT2D eigenvalue weighted by molar-refractivity contribution is 0.118. The summed E-state index contributed by atoms with van der Waals surface area (Å²) in [6.45, 7) is 9.37. The Bertz CT molecular complexity index is 216. The second-order valence-corrected chi connectivity index (χ2v) is 5.55. The van der Waals surface area contributed by atoms with Crippen LogP contribution >= 0.6 is 0 Å². The quantitative estimate of drug-likeness (QED) is 0.748. The Morgan fingerprint density at radius 1 is 1.36 bits per heavy atom. The molecule has 1 saturated carbocycles. The highest BCUT2D eigenvalue weighted by molar-refractivity contribution is 5.10. The van der Waals surface area contributed by atoms with Crippen molar-refractivity contribution in [3.63, 3.8) is 0 Å². The van der Waals surface area contributed by atoms with E-state index in [9.17, 15) is 0 Å². The first-order valence-corrected chi connectivity index (χ1v) is 6.07. The minimum absolute atomic E-state index is 0.393. The number of nitrogens with two attached hydrogens (primary N) is 1. The van der Waals surface area contributed by atoms with Crippen LogP contribution < -0.4 is 5.73 Å². The third-order valence-electron chi connectivity index (χ3n) is 4.89. The summed E-state index contributed by atoms with van der Waals surface area (Å²) in [6.07, 6.45) is 5.22. The van der Waals surface area contributed by atoms with E-state index in [-0.39, 0.29) is 0 Å². The van der Waals surface area contributed by atoms with Crippen molar-refractivity contribution in [1.29, 1.82) is 0 Å². The summed E-state index contributed by atoms with van der Waals surface area (Å²) in [4.78, 5) is 2.64. The van der Waals surface area contributed by atoms with Crippen molar-refractivity contribution < 1.29 is 0 Å². The zero-order valence-electron chi connectivity index (χ0n) is 9.84. The van der Waals surface area contributed by atoms with E-state index in [0.29, 0.717) is 17.0 Å². The molecule has 2 fully saturated rings. The summed E-state index contributed by atoms with van der Waals surface area (Å²) < 4.78 is 0. The van der Waals surface area contributed by atoms with E-state index in [0.717, 1.165) is 6.54 Å². The highest BCUT2D eigenvalue weighted by Crippen LogP contribution is 2.53. The fraction of sp³-hybridized carbons (Fsp3) is 1.00. The van der Waals surface area contributed by atoms with E-state index < -0.39 is 0 Å².